The van der Waals surface area contributed by atoms with E-state index in [-0.39, 0.29) is 11.8 Å². The second-order valence-corrected chi connectivity index (χ2v) is 7.28. The fourth-order valence-corrected chi connectivity index (χ4v) is 3.35. The van der Waals surface area contributed by atoms with Crippen LogP contribution in [0.15, 0.2) is 53.6 Å². The van der Waals surface area contributed by atoms with E-state index >= 15 is 0 Å². The molecule has 136 valence electrons. The van der Waals surface area contributed by atoms with Gasteiger partial charge in [-0.3, -0.25) is 9.69 Å². The van der Waals surface area contributed by atoms with Crippen molar-refractivity contribution in [2.75, 3.05) is 13.1 Å². The third-order valence-electron chi connectivity index (χ3n) is 4.56. The highest BCUT2D eigenvalue weighted by Gasteiger charge is 2.24. The van der Waals surface area contributed by atoms with Crippen molar-refractivity contribution in [3.05, 3.63) is 69.7 Å². The van der Waals surface area contributed by atoms with Crippen molar-refractivity contribution >= 4 is 35.3 Å². The summed E-state index contributed by atoms with van der Waals surface area (Å²) in [6.07, 6.45) is 3.25. The molecule has 0 unspecified atom stereocenters. The van der Waals surface area contributed by atoms with Gasteiger partial charge >= 0.3 is 0 Å². The van der Waals surface area contributed by atoms with Gasteiger partial charge in [-0.2, -0.15) is 5.10 Å². The van der Waals surface area contributed by atoms with Gasteiger partial charge in [0.15, 0.2) is 0 Å². The average molecular weight is 390 g/mol. The number of nitrogens with one attached hydrogen (secondary N) is 1. The molecule has 6 heteroatoms. The number of hydrazone groups is 1. The molecule has 1 fully saturated rings. The normalized spacial score (nSPS) is 16.1. The van der Waals surface area contributed by atoms with Gasteiger partial charge < -0.3 is 0 Å². The monoisotopic (exact) mass is 389 g/mol. The van der Waals surface area contributed by atoms with Crippen LogP contribution in [0.3, 0.4) is 0 Å². The van der Waals surface area contributed by atoms with Gasteiger partial charge in [-0.1, -0.05) is 53.5 Å². The standard InChI is InChI=1S/C20H21Cl2N3O/c21-18-7-5-15(6-8-18)14-25-11-9-16(10-12-25)20(26)24-23-13-17-3-1-2-4-19(17)22/h1-8,13,16H,9-12,14H2,(H,24,26)/b23-13+. The maximum atomic E-state index is 12.3. The number of nitrogens with zero attached hydrogens (tertiary/aromatic N) is 2. The summed E-state index contributed by atoms with van der Waals surface area (Å²) in [6, 6.07) is 15.3. The van der Waals surface area contributed by atoms with Crippen LogP contribution in [0.5, 0.6) is 0 Å². The van der Waals surface area contributed by atoms with Gasteiger partial charge in [0.1, 0.15) is 0 Å². The summed E-state index contributed by atoms with van der Waals surface area (Å²) in [5.41, 5.74) is 4.66. The molecule has 3 rings (SSSR count). The van der Waals surface area contributed by atoms with E-state index in [0.717, 1.165) is 43.1 Å². The van der Waals surface area contributed by atoms with E-state index in [9.17, 15) is 4.79 Å². The number of piperidine rings is 1. The average Bonchev–Trinajstić information content (AvgIpc) is 2.66. The van der Waals surface area contributed by atoms with Gasteiger partial charge in [0.05, 0.1) is 6.21 Å². The molecule has 0 aliphatic carbocycles. The third kappa shape index (κ3) is 5.31. The summed E-state index contributed by atoms with van der Waals surface area (Å²) in [6.45, 7) is 2.68. The molecule has 0 spiro atoms. The maximum absolute atomic E-state index is 12.3. The van der Waals surface area contributed by atoms with E-state index in [4.69, 9.17) is 23.2 Å². The van der Waals surface area contributed by atoms with Crippen LogP contribution in [0, 0.1) is 5.92 Å². The lowest BCUT2D eigenvalue weighted by atomic mass is 9.96. The molecular weight excluding hydrogens is 369 g/mol. The van der Waals surface area contributed by atoms with Crippen LogP contribution in [-0.4, -0.2) is 30.1 Å². The van der Waals surface area contributed by atoms with Gasteiger partial charge in [-0.25, -0.2) is 5.43 Å². The lowest BCUT2D eigenvalue weighted by Gasteiger charge is -2.30. The Balaban J connectivity index is 1.44. The van der Waals surface area contributed by atoms with E-state index < -0.39 is 0 Å². The molecule has 1 saturated heterocycles. The lowest BCUT2D eigenvalue weighted by Crippen LogP contribution is -2.39. The van der Waals surface area contributed by atoms with Crippen molar-refractivity contribution in [2.45, 2.75) is 19.4 Å². The summed E-state index contributed by atoms with van der Waals surface area (Å²) < 4.78 is 0. The molecule has 0 atom stereocenters. The highest BCUT2D eigenvalue weighted by atomic mass is 35.5. The second-order valence-electron chi connectivity index (χ2n) is 6.43. The first-order valence-corrected chi connectivity index (χ1v) is 9.41. The highest BCUT2D eigenvalue weighted by Crippen LogP contribution is 2.20. The Morgan fingerprint density at radius 3 is 2.50 bits per heavy atom. The Kier molecular flexibility index (Phi) is 6.67. The Morgan fingerprint density at radius 1 is 1.12 bits per heavy atom. The molecule has 1 heterocycles. The quantitative estimate of drug-likeness (QED) is 0.609. The zero-order valence-corrected chi connectivity index (χ0v) is 15.9. The Hall–Kier alpha value is -1.88. The fraction of sp³-hybridized carbons (Fsp3) is 0.300. The van der Waals surface area contributed by atoms with Crippen molar-refractivity contribution in [1.29, 1.82) is 0 Å². The number of benzene rings is 2. The SMILES string of the molecule is O=C(N/N=C/c1ccccc1Cl)C1CCN(Cc2ccc(Cl)cc2)CC1. The maximum Gasteiger partial charge on any atom is 0.243 e. The Morgan fingerprint density at radius 2 is 1.81 bits per heavy atom. The molecule has 0 aromatic heterocycles. The van der Waals surface area contributed by atoms with Crippen molar-refractivity contribution in [3.63, 3.8) is 0 Å². The van der Waals surface area contributed by atoms with E-state index in [0.29, 0.717) is 5.02 Å². The zero-order chi connectivity index (χ0) is 18.4. The van der Waals surface area contributed by atoms with Crippen molar-refractivity contribution < 1.29 is 4.79 Å². The molecule has 0 radical (unpaired) electrons. The molecule has 26 heavy (non-hydrogen) atoms. The second kappa shape index (κ2) is 9.17. The number of halogens is 2. The minimum absolute atomic E-state index is 0.000127. The lowest BCUT2D eigenvalue weighted by molar-refractivity contribution is -0.126. The molecule has 2 aromatic carbocycles. The molecule has 1 amide bonds. The summed E-state index contributed by atoms with van der Waals surface area (Å²) in [7, 11) is 0. The largest absolute Gasteiger partial charge is 0.299 e. The van der Waals surface area contributed by atoms with E-state index in [1.54, 1.807) is 12.3 Å². The molecular formula is C20H21Cl2N3O. The number of carbonyl (C=O) groups is 1. The van der Waals surface area contributed by atoms with Gasteiger partial charge in [0.2, 0.25) is 5.91 Å². The number of likely N-dealkylation sites (tertiary alicyclic amines) is 1. The molecule has 0 bridgehead atoms. The molecule has 1 aliphatic rings. The van der Waals surface area contributed by atoms with Gasteiger partial charge in [0.25, 0.3) is 0 Å². The minimum atomic E-state index is -0.0283. The predicted molar refractivity (Wildman–Crippen MR) is 107 cm³/mol. The molecule has 0 saturated carbocycles. The van der Waals surface area contributed by atoms with Crippen LogP contribution in [0.2, 0.25) is 10.0 Å². The van der Waals surface area contributed by atoms with Gasteiger partial charge in [-0.15, -0.1) is 0 Å². The number of carbonyl (C=O) groups excluding carboxylic acids is 1. The summed E-state index contributed by atoms with van der Waals surface area (Å²) in [5.74, 6) is -0.0284. The van der Waals surface area contributed by atoms with Crippen LogP contribution in [0.4, 0.5) is 0 Å². The summed E-state index contributed by atoms with van der Waals surface area (Å²) in [4.78, 5) is 14.6. The van der Waals surface area contributed by atoms with Crippen LogP contribution in [0.25, 0.3) is 0 Å². The Labute approximate surface area is 163 Å². The first kappa shape index (κ1) is 18.9. The summed E-state index contributed by atoms with van der Waals surface area (Å²) >= 11 is 12.0. The number of amides is 1. The van der Waals surface area contributed by atoms with E-state index in [1.165, 1.54) is 5.56 Å². The third-order valence-corrected chi connectivity index (χ3v) is 5.16. The van der Waals surface area contributed by atoms with Crippen LogP contribution in [0.1, 0.15) is 24.0 Å². The predicted octanol–water partition coefficient (Wildman–Crippen LogP) is 4.36. The van der Waals surface area contributed by atoms with E-state index in [1.807, 2.05) is 42.5 Å². The number of rotatable bonds is 5. The van der Waals surface area contributed by atoms with Crippen LogP contribution < -0.4 is 5.43 Å². The first-order valence-electron chi connectivity index (χ1n) is 8.66. The highest BCUT2D eigenvalue weighted by molar-refractivity contribution is 6.33. The molecule has 2 aromatic rings. The zero-order valence-electron chi connectivity index (χ0n) is 14.4. The van der Waals surface area contributed by atoms with Crippen LogP contribution >= 0.6 is 23.2 Å². The number of hydrogen-bond acceptors (Lipinski definition) is 3. The Bertz CT molecular complexity index is 769. The molecule has 1 N–H and O–H groups in total. The van der Waals surface area contributed by atoms with Crippen molar-refractivity contribution in [3.8, 4) is 0 Å². The number of hydrogen-bond donors (Lipinski definition) is 1. The van der Waals surface area contributed by atoms with Gasteiger partial charge in [0, 0.05) is 28.1 Å². The van der Waals surface area contributed by atoms with Crippen molar-refractivity contribution in [2.24, 2.45) is 11.0 Å². The van der Waals surface area contributed by atoms with Crippen LogP contribution in [-0.2, 0) is 11.3 Å². The summed E-state index contributed by atoms with van der Waals surface area (Å²) in [5, 5.41) is 5.40. The van der Waals surface area contributed by atoms with E-state index in [2.05, 4.69) is 15.4 Å². The minimum Gasteiger partial charge on any atom is -0.299 e. The van der Waals surface area contributed by atoms with Crippen molar-refractivity contribution in [1.82, 2.24) is 10.3 Å². The smallest absolute Gasteiger partial charge is 0.243 e. The van der Waals surface area contributed by atoms with Gasteiger partial charge in [-0.05, 0) is 49.7 Å². The fourth-order valence-electron chi connectivity index (χ4n) is 3.04. The first-order chi connectivity index (χ1) is 12.6. The topological polar surface area (TPSA) is 44.7 Å². The molecule has 4 nitrogen and oxygen atoms in total. The molecule has 1 aliphatic heterocycles.